The zero-order valence-electron chi connectivity index (χ0n) is 10.0. The van der Waals surface area contributed by atoms with Gasteiger partial charge in [0.1, 0.15) is 0 Å². The van der Waals surface area contributed by atoms with Gasteiger partial charge in [0, 0.05) is 10.6 Å². The molecule has 1 aliphatic heterocycles. The van der Waals surface area contributed by atoms with Crippen molar-refractivity contribution in [3.8, 4) is 0 Å². The summed E-state index contributed by atoms with van der Waals surface area (Å²) in [7, 11) is 0. The summed E-state index contributed by atoms with van der Waals surface area (Å²) in [5.41, 5.74) is 0.847. The molecule has 0 unspecified atom stereocenters. The number of halogens is 1. The maximum Gasteiger partial charge on any atom is 0.254 e. The topological polar surface area (TPSA) is 40.5 Å². The van der Waals surface area contributed by atoms with E-state index in [1.54, 1.807) is 17.0 Å². The Hall–Kier alpha value is -1.06. The molecular formula is C13H16ClNO2. The van der Waals surface area contributed by atoms with Gasteiger partial charge >= 0.3 is 0 Å². The van der Waals surface area contributed by atoms with Gasteiger partial charge in [-0.3, -0.25) is 4.79 Å². The average Bonchev–Trinajstić information content (AvgIpc) is 2.27. The van der Waals surface area contributed by atoms with Crippen LogP contribution in [0, 0.1) is 6.92 Å². The molecule has 0 bridgehead atoms. The number of likely N-dealkylation sites (tertiary alicyclic amines) is 1. The van der Waals surface area contributed by atoms with E-state index in [2.05, 4.69) is 0 Å². The lowest BCUT2D eigenvalue weighted by atomic mass is 9.90. The number of carbonyl (C=O) groups excluding carboxylic acids is 1. The summed E-state index contributed by atoms with van der Waals surface area (Å²) in [4.78, 5) is 13.7. The van der Waals surface area contributed by atoms with E-state index in [1.165, 1.54) is 0 Å². The molecule has 1 aromatic carbocycles. The highest BCUT2D eigenvalue weighted by atomic mass is 35.5. The minimum Gasteiger partial charge on any atom is -0.386 e. The second-order valence-corrected chi connectivity index (χ2v) is 5.11. The van der Waals surface area contributed by atoms with E-state index in [0.717, 1.165) is 5.56 Å². The summed E-state index contributed by atoms with van der Waals surface area (Å²) in [6, 6.07) is 5.29. The number of hydrogen-bond acceptors (Lipinski definition) is 2. The molecule has 4 heteroatoms. The first-order valence-corrected chi connectivity index (χ1v) is 6.11. The molecule has 0 aliphatic carbocycles. The van der Waals surface area contributed by atoms with Gasteiger partial charge in [-0.15, -0.1) is 0 Å². The predicted octanol–water partition coefficient (Wildman–Crippen LogP) is 2.25. The standard InChI is InChI=1S/C13H16ClNO2/c1-3-13(17)7-15(8-13)12(16)10-5-4-9(2)11(14)6-10/h4-6,17H,3,7-8H2,1-2H3. The number of amides is 1. The van der Waals surface area contributed by atoms with E-state index in [-0.39, 0.29) is 5.91 Å². The van der Waals surface area contributed by atoms with Crippen LogP contribution >= 0.6 is 11.6 Å². The van der Waals surface area contributed by atoms with Crippen LogP contribution < -0.4 is 0 Å². The molecule has 0 aromatic heterocycles. The molecule has 0 spiro atoms. The first kappa shape index (κ1) is 12.4. The number of benzene rings is 1. The Labute approximate surface area is 106 Å². The van der Waals surface area contributed by atoms with Crippen molar-refractivity contribution < 1.29 is 9.90 Å². The molecular weight excluding hydrogens is 238 g/mol. The van der Waals surface area contributed by atoms with Crippen molar-refractivity contribution in [2.45, 2.75) is 25.9 Å². The molecule has 1 saturated heterocycles. The third-order valence-electron chi connectivity index (χ3n) is 3.33. The van der Waals surface area contributed by atoms with Crippen molar-refractivity contribution in [2.24, 2.45) is 0 Å². The minimum atomic E-state index is -0.690. The number of nitrogens with zero attached hydrogens (tertiary/aromatic N) is 1. The molecule has 1 aromatic rings. The zero-order valence-corrected chi connectivity index (χ0v) is 10.8. The second-order valence-electron chi connectivity index (χ2n) is 4.70. The molecule has 0 saturated carbocycles. The van der Waals surface area contributed by atoms with Crippen molar-refractivity contribution in [3.05, 3.63) is 34.3 Å². The summed E-state index contributed by atoms with van der Waals surface area (Å²) in [6.07, 6.45) is 0.672. The quantitative estimate of drug-likeness (QED) is 0.878. The fourth-order valence-corrected chi connectivity index (χ4v) is 2.12. The van der Waals surface area contributed by atoms with E-state index in [0.29, 0.717) is 30.1 Å². The Morgan fingerprint density at radius 1 is 1.53 bits per heavy atom. The van der Waals surface area contributed by atoms with Gasteiger partial charge in [-0.05, 0) is 31.0 Å². The van der Waals surface area contributed by atoms with Gasteiger partial charge in [0.2, 0.25) is 0 Å². The monoisotopic (exact) mass is 253 g/mol. The molecule has 17 heavy (non-hydrogen) atoms. The molecule has 1 amide bonds. The van der Waals surface area contributed by atoms with Gasteiger partial charge < -0.3 is 10.0 Å². The predicted molar refractivity (Wildman–Crippen MR) is 67.3 cm³/mol. The molecule has 3 nitrogen and oxygen atoms in total. The lowest BCUT2D eigenvalue weighted by molar-refractivity contribution is -0.0826. The number of rotatable bonds is 2. The van der Waals surface area contributed by atoms with E-state index < -0.39 is 5.60 Å². The Morgan fingerprint density at radius 2 is 2.18 bits per heavy atom. The van der Waals surface area contributed by atoms with Gasteiger partial charge in [0.25, 0.3) is 5.91 Å². The number of hydrogen-bond donors (Lipinski definition) is 1. The van der Waals surface area contributed by atoms with Crippen LogP contribution in [0.3, 0.4) is 0 Å². The highest BCUT2D eigenvalue weighted by Gasteiger charge is 2.42. The molecule has 1 N–H and O–H groups in total. The van der Waals surface area contributed by atoms with Crippen molar-refractivity contribution >= 4 is 17.5 Å². The summed E-state index contributed by atoms with van der Waals surface area (Å²) in [5, 5.41) is 10.5. The first-order valence-electron chi connectivity index (χ1n) is 5.73. The molecule has 1 fully saturated rings. The number of β-amino-alcohol motifs (C(OH)–C–C–N with tert-alkyl or cyclic N) is 1. The van der Waals surface area contributed by atoms with E-state index in [1.807, 2.05) is 19.9 Å². The van der Waals surface area contributed by atoms with E-state index >= 15 is 0 Å². The van der Waals surface area contributed by atoms with Crippen LogP contribution in [0.2, 0.25) is 5.02 Å². The number of aliphatic hydroxyl groups is 1. The van der Waals surface area contributed by atoms with Gasteiger partial charge in [0.05, 0.1) is 18.7 Å². The molecule has 92 valence electrons. The lowest BCUT2D eigenvalue weighted by Crippen LogP contribution is -2.63. The first-order chi connectivity index (χ1) is 7.95. The third-order valence-corrected chi connectivity index (χ3v) is 3.74. The SMILES string of the molecule is CCC1(O)CN(C(=O)c2ccc(C)c(Cl)c2)C1. The van der Waals surface area contributed by atoms with E-state index in [4.69, 9.17) is 11.6 Å². The van der Waals surface area contributed by atoms with Crippen molar-refractivity contribution in [2.75, 3.05) is 13.1 Å². The largest absolute Gasteiger partial charge is 0.386 e. The second kappa shape index (κ2) is 4.31. The smallest absolute Gasteiger partial charge is 0.254 e. The van der Waals surface area contributed by atoms with Crippen LogP contribution in [0.25, 0.3) is 0 Å². The lowest BCUT2D eigenvalue weighted by Gasteiger charge is -2.46. The Kier molecular flexibility index (Phi) is 3.15. The maximum absolute atomic E-state index is 12.1. The van der Waals surface area contributed by atoms with Crippen LogP contribution in [0.1, 0.15) is 29.3 Å². The summed E-state index contributed by atoms with van der Waals surface area (Å²) in [6.45, 7) is 4.64. The Bertz CT molecular complexity index is 453. The molecule has 0 radical (unpaired) electrons. The minimum absolute atomic E-state index is 0.0648. The number of carbonyl (C=O) groups is 1. The fraction of sp³-hybridized carbons (Fsp3) is 0.462. The van der Waals surface area contributed by atoms with Crippen molar-refractivity contribution in [3.63, 3.8) is 0 Å². The zero-order chi connectivity index (χ0) is 12.6. The summed E-state index contributed by atoms with van der Waals surface area (Å²) in [5.74, 6) is -0.0648. The average molecular weight is 254 g/mol. The van der Waals surface area contributed by atoms with Gasteiger partial charge in [0.15, 0.2) is 0 Å². The summed E-state index contributed by atoms with van der Waals surface area (Å²) >= 11 is 5.99. The normalized spacial score (nSPS) is 17.8. The Balaban J connectivity index is 2.09. The van der Waals surface area contributed by atoms with Gasteiger partial charge in [-0.2, -0.15) is 0 Å². The molecule has 1 heterocycles. The van der Waals surface area contributed by atoms with Crippen LogP contribution in [-0.2, 0) is 0 Å². The maximum atomic E-state index is 12.1. The highest BCUT2D eigenvalue weighted by molar-refractivity contribution is 6.31. The van der Waals surface area contributed by atoms with Gasteiger partial charge in [-0.25, -0.2) is 0 Å². The number of aryl methyl sites for hydroxylation is 1. The van der Waals surface area contributed by atoms with Crippen molar-refractivity contribution in [1.82, 2.24) is 4.90 Å². The van der Waals surface area contributed by atoms with Crippen LogP contribution in [0.4, 0.5) is 0 Å². The molecule has 1 aliphatic rings. The van der Waals surface area contributed by atoms with Gasteiger partial charge in [-0.1, -0.05) is 24.6 Å². The van der Waals surface area contributed by atoms with Crippen molar-refractivity contribution in [1.29, 1.82) is 0 Å². The fourth-order valence-electron chi connectivity index (χ4n) is 1.94. The molecule has 2 rings (SSSR count). The van der Waals surface area contributed by atoms with E-state index in [9.17, 15) is 9.90 Å². The van der Waals surface area contributed by atoms with Crippen LogP contribution in [0.5, 0.6) is 0 Å². The third kappa shape index (κ3) is 2.31. The van der Waals surface area contributed by atoms with Crippen LogP contribution in [-0.4, -0.2) is 34.6 Å². The highest BCUT2D eigenvalue weighted by Crippen LogP contribution is 2.26. The Morgan fingerprint density at radius 3 is 2.71 bits per heavy atom. The molecule has 0 atom stereocenters. The summed E-state index contributed by atoms with van der Waals surface area (Å²) < 4.78 is 0. The van der Waals surface area contributed by atoms with Crippen LogP contribution in [0.15, 0.2) is 18.2 Å².